The fourth-order valence-corrected chi connectivity index (χ4v) is 3.98. The van der Waals surface area contributed by atoms with Gasteiger partial charge in [-0.1, -0.05) is 71.9 Å². The summed E-state index contributed by atoms with van der Waals surface area (Å²) >= 11 is 0. The number of pyridine rings is 1. The van der Waals surface area contributed by atoms with Crippen LogP contribution in [-0.2, 0) is 5.41 Å². The van der Waals surface area contributed by atoms with Gasteiger partial charge in [-0.15, -0.1) is 0 Å². The minimum absolute atomic E-state index is 0.0987. The average molecular weight is 404 g/mol. The van der Waals surface area contributed by atoms with Gasteiger partial charge in [0.2, 0.25) is 0 Å². The van der Waals surface area contributed by atoms with E-state index >= 15 is 0 Å². The summed E-state index contributed by atoms with van der Waals surface area (Å²) in [6, 6.07) is 13.0. The summed E-state index contributed by atoms with van der Waals surface area (Å²) in [6.45, 7) is 13.6. The highest BCUT2D eigenvalue weighted by molar-refractivity contribution is 5.75. The van der Waals surface area contributed by atoms with Crippen molar-refractivity contribution in [2.24, 2.45) is 5.92 Å². The Morgan fingerprint density at radius 3 is 2.37 bits per heavy atom. The molecule has 30 heavy (non-hydrogen) atoms. The van der Waals surface area contributed by atoms with Crippen LogP contribution in [0.4, 0.5) is 17.2 Å². The molecule has 1 aromatic heterocycles. The van der Waals surface area contributed by atoms with Gasteiger partial charge in [0.25, 0.3) is 0 Å². The van der Waals surface area contributed by atoms with Crippen molar-refractivity contribution in [2.75, 3.05) is 10.6 Å². The molecule has 0 radical (unpaired) electrons. The number of aromatic nitrogens is 1. The summed E-state index contributed by atoms with van der Waals surface area (Å²) in [4.78, 5) is 5.00. The maximum absolute atomic E-state index is 5.00. The third-order valence-corrected chi connectivity index (χ3v) is 6.59. The number of nitrogens with one attached hydrogen (secondary N) is 2. The number of nitrogens with zero attached hydrogens (tertiary/aromatic N) is 1. The maximum atomic E-state index is 5.00. The predicted octanol–water partition coefficient (Wildman–Crippen LogP) is 7.92. The Morgan fingerprint density at radius 1 is 0.967 bits per heavy atom. The van der Waals surface area contributed by atoms with Crippen LogP contribution in [0, 0.1) is 5.92 Å². The van der Waals surface area contributed by atoms with Gasteiger partial charge in [0.1, 0.15) is 0 Å². The molecule has 0 amide bonds. The lowest BCUT2D eigenvalue weighted by molar-refractivity contribution is 0.327. The monoisotopic (exact) mass is 403 g/mol. The predicted molar refractivity (Wildman–Crippen MR) is 131 cm³/mol. The van der Waals surface area contributed by atoms with Crippen molar-refractivity contribution in [3.63, 3.8) is 0 Å². The normalized spacial score (nSPS) is 15.8. The molecule has 0 bridgehead atoms. The molecule has 1 aliphatic carbocycles. The van der Waals surface area contributed by atoms with Gasteiger partial charge in [-0.05, 0) is 66.4 Å². The number of anilines is 3. The van der Waals surface area contributed by atoms with Crippen molar-refractivity contribution in [3.8, 4) is 0 Å². The van der Waals surface area contributed by atoms with Gasteiger partial charge in [0, 0.05) is 17.1 Å². The van der Waals surface area contributed by atoms with Gasteiger partial charge in [-0.3, -0.25) is 0 Å². The van der Waals surface area contributed by atoms with Crippen molar-refractivity contribution in [1.29, 1.82) is 0 Å². The summed E-state index contributed by atoms with van der Waals surface area (Å²) in [6.07, 6.45) is 9.90. The Hall–Kier alpha value is -2.55. The Labute approximate surface area is 182 Å². The van der Waals surface area contributed by atoms with Crippen LogP contribution in [0.5, 0.6) is 0 Å². The number of benzene rings is 1. The lowest BCUT2D eigenvalue weighted by Gasteiger charge is -2.35. The van der Waals surface area contributed by atoms with Gasteiger partial charge in [0.15, 0.2) is 5.82 Å². The Bertz CT molecular complexity index is 923. The van der Waals surface area contributed by atoms with E-state index in [1.165, 1.54) is 5.56 Å². The van der Waals surface area contributed by atoms with Crippen molar-refractivity contribution in [1.82, 2.24) is 4.98 Å². The zero-order valence-corrected chi connectivity index (χ0v) is 19.4. The maximum Gasteiger partial charge on any atom is 0.154 e. The van der Waals surface area contributed by atoms with Crippen LogP contribution in [0.2, 0.25) is 0 Å². The van der Waals surface area contributed by atoms with Gasteiger partial charge in [-0.25, -0.2) is 4.98 Å². The fourth-order valence-electron chi connectivity index (χ4n) is 3.98. The van der Waals surface area contributed by atoms with E-state index < -0.39 is 0 Å². The number of para-hydroxylation sites is 1. The second-order valence-corrected chi connectivity index (χ2v) is 9.15. The van der Waals surface area contributed by atoms with Gasteiger partial charge in [-0.2, -0.15) is 0 Å². The van der Waals surface area contributed by atoms with E-state index in [-0.39, 0.29) is 5.41 Å². The van der Waals surface area contributed by atoms with Crippen molar-refractivity contribution in [3.05, 3.63) is 71.6 Å². The number of hydrogen-bond acceptors (Lipinski definition) is 3. The molecule has 0 saturated carbocycles. The molecule has 1 unspecified atom stereocenters. The highest BCUT2D eigenvalue weighted by Gasteiger charge is 2.30. The third-order valence-electron chi connectivity index (χ3n) is 6.59. The molecular weight excluding hydrogens is 366 g/mol. The minimum Gasteiger partial charge on any atom is -0.353 e. The number of allylic oxidation sites excluding steroid dienone is 3. The third kappa shape index (κ3) is 4.77. The first-order valence-corrected chi connectivity index (χ1v) is 11.4. The van der Waals surface area contributed by atoms with Gasteiger partial charge < -0.3 is 10.6 Å². The van der Waals surface area contributed by atoms with E-state index in [1.54, 1.807) is 0 Å². The first-order valence-electron chi connectivity index (χ1n) is 11.4. The summed E-state index contributed by atoms with van der Waals surface area (Å²) in [5, 5.41) is 7.28. The van der Waals surface area contributed by atoms with E-state index in [0.29, 0.717) is 11.8 Å². The van der Waals surface area contributed by atoms with Crippen molar-refractivity contribution < 1.29 is 0 Å². The quantitative estimate of drug-likeness (QED) is 0.470. The molecule has 160 valence electrons. The first-order chi connectivity index (χ1) is 14.3. The number of rotatable bonds is 8. The van der Waals surface area contributed by atoms with E-state index in [2.05, 4.69) is 107 Å². The minimum atomic E-state index is 0.0987. The van der Waals surface area contributed by atoms with Gasteiger partial charge >= 0.3 is 0 Å². The molecule has 3 rings (SSSR count). The highest BCUT2D eigenvalue weighted by Crippen LogP contribution is 2.40. The van der Waals surface area contributed by atoms with Crippen LogP contribution in [0.25, 0.3) is 0 Å². The van der Waals surface area contributed by atoms with E-state index in [9.17, 15) is 0 Å². The molecule has 3 heteroatoms. The standard InChI is InChI=1S/C27H37N3/c1-7-27(6,20(4)5)22-15-11-12-16-24(22)30-26-25(18-17-23(29-26)19(2)3)28-21-13-9-8-10-14-21/h9,11-20,28H,7-8,10H2,1-6H3,(H,29,30). The van der Waals surface area contributed by atoms with Crippen LogP contribution >= 0.6 is 0 Å². The number of hydrogen-bond donors (Lipinski definition) is 2. The molecular formula is C27H37N3. The Morgan fingerprint density at radius 2 is 1.73 bits per heavy atom. The molecule has 0 aliphatic heterocycles. The molecule has 2 N–H and O–H groups in total. The summed E-state index contributed by atoms with van der Waals surface area (Å²) in [5.74, 6) is 1.80. The van der Waals surface area contributed by atoms with Crippen LogP contribution in [0.1, 0.15) is 78.0 Å². The molecule has 1 heterocycles. The lowest BCUT2D eigenvalue weighted by Crippen LogP contribution is -2.28. The second kappa shape index (κ2) is 9.51. The van der Waals surface area contributed by atoms with E-state index in [4.69, 9.17) is 4.98 Å². The van der Waals surface area contributed by atoms with Crippen LogP contribution < -0.4 is 10.6 Å². The molecule has 0 spiro atoms. The lowest BCUT2D eigenvalue weighted by atomic mass is 9.71. The van der Waals surface area contributed by atoms with Crippen LogP contribution in [0.15, 0.2) is 60.3 Å². The molecule has 0 fully saturated rings. The summed E-state index contributed by atoms with van der Waals surface area (Å²) in [5.41, 5.74) is 5.83. The zero-order chi connectivity index (χ0) is 21.7. The van der Waals surface area contributed by atoms with Crippen molar-refractivity contribution >= 4 is 17.2 Å². The molecule has 1 atom stereocenters. The molecule has 1 aromatic carbocycles. The molecule has 1 aliphatic rings. The zero-order valence-electron chi connectivity index (χ0n) is 19.4. The van der Waals surface area contributed by atoms with Gasteiger partial charge in [0.05, 0.1) is 5.69 Å². The second-order valence-electron chi connectivity index (χ2n) is 9.15. The Balaban J connectivity index is 2.02. The summed E-state index contributed by atoms with van der Waals surface area (Å²) < 4.78 is 0. The van der Waals surface area contributed by atoms with Crippen LogP contribution in [0.3, 0.4) is 0 Å². The highest BCUT2D eigenvalue weighted by atomic mass is 15.1. The van der Waals surface area contributed by atoms with Crippen LogP contribution in [-0.4, -0.2) is 4.98 Å². The Kier molecular flexibility index (Phi) is 7.02. The topological polar surface area (TPSA) is 37.0 Å². The molecule has 2 aromatic rings. The molecule has 0 saturated heterocycles. The molecule has 3 nitrogen and oxygen atoms in total. The largest absolute Gasteiger partial charge is 0.353 e. The SMILES string of the molecule is CCC(C)(c1ccccc1Nc1nc(C(C)C)ccc1NC1=CCCC=C1)C(C)C. The van der Waals surface area contributed by atoms with E-state index in [0.717, 1.165) is 47.8 Å². The van der Waals surface area contributed by atoms with E-state index in [1.807, 2.05) is 0 Å². The average Bonchev–Trinajstić information content (AvgIpc) is 2.75. The van der Waals surface area contributed by atoms with Crippen molar-refractivity contribution in [2.45, 2.75) is 72.1 Å². The smallest absolute Gasteiger partial charge is 0.154 e. The summed E-state index contributed by atoms with van der Waals surface area (Å²) in [7, 11) is 0. The first kappa shape index (κ1) is 22.1. The fraction of sp³-hybridized carbons (Fsp3) is 0.444.